The molecule has 0 saturated carbocycles. The van der Waals surface area contributed by atoms with Crippen molar-refractivity contribution >= 4 is 32.7 Å². The van der Waals surface area contributed by atoms with Crippen molar-refractivity contribution in [2.45, 2.75) is 51.9 Å². The molecule has 156 valence electrons. The normalized spacial score (nSPS) is 15.3. The van der Waals surface area contributed by atoms with Crippen molar-refractivity contribution in [1.29, 1.82) is 0 Å². The lowest BCUT2D eigenvalue weighted by Crippen LogP contribution is -2.32. The van der Waals surface area contributed by atoms with Crippen molar-refractivity contribution in [2.75, 3.05) is 13.1 Å². The van der Waals surface area contributed by atoms with Gasteiger partial charge in [-0.3, -0.25) is 4.79 Å². The van der Waals surface area contributed by atoms with Gasteiger partial charge in [-0.1, -0.05) is 73.8 Å². The Kier molecular flexibility index (Phi) is 5.97. The van der Waals surface area contributed by atoms with Gasteiger partial charge < -0.3 is 4.90 Å². The molecule has 2 aromatic carbocycles. The zero-order chi connectivity index (χ0) is 21.3. The number of nitrogens with zero attached hydrogens (tertiary/aromatic N) is 2. The summed E-state index contributed by atoms with van der Waals surface area (Å²) in [6.07, 6.45) is 4.58. The van der Waals surface area contributed by atoms with Crippen LogP contribution in [-0.4, -0.2) is 28.9 Å². The second-order valence-electron chi connectivity index (χ2n) is 9.25. The minimum absolute atomic E-state index is 0.107. The summed E-state index contributed by atoms with van der Waals surface area (Å²) in [5.41, 5.74) is 4.89. The van der Waals surface area contributed by atoms with Crippen LogP contribution >= 0.6 is 15.9 Å². The molecule has 1 aliphatic rings. The molecular weight excluding hydrogens is 436 g/mol. The minimum Gasteiger partial charge on any atom is -0.339 e. The number of aromatic nitrogens is 1. The number of hydrogen-bond donors (Lipinski definition) is 0. The number of rotatable bonds is 2. The molecular formula is C26H29BrN2O. The number of fused-ring (bicyclic) bond motifs is 1. The number of pyridine rings is 1. The summed E-state index contributed by atoms with van der Waals surface area (Å²) in [4.78, 5) is 20.4. The van der Waals surface area contributed by atoms with Crippen LogP contribution in [-0.2, 0) is 5.41 Å². The molecule has 0 N–H and O–H groups in total. The highest BCUT2D eigenvalue weighted by Gasteiger charge is 2.21. The van der Waals surface area contributed by atoms with Crippen LogP contribution in [0, 0.1) is 0 Å². The topological polar surface area (TPSA) is 33.2 Å². The van der Waals surface area contributed by atoms with E-state index in [9.17, 15) is 4.79 Å². The molecule has 3 nitrogen and oxygen atoms in total. The fourth-order valence-electron chi connectivity index (χ4n) is 4.11. The van der Waals surface area contributed by atoms with E-state index < -0.39 is 0 Å². The smallest absolute Gasteiger partial charge is 0.254 e. The summed E-state index contributed by atoms with van der Waals surface area (Å²) >= 11 is 3.56. The number of halogens is 1. The molecule has 4 heteroatoms. The van der Waals surface area contributed by atoms with Gasteiger partial charge in [-0.15, -0.1) is 0 Å². The van der Waals surface area contributed by atoms with Crippen molar-refractivity contribution in [3.63, 3.8) is 0 Å². The molecule has 0 aliphatic carbocycles. The first kappa shape index (κ1) is 21.0. The molecule has 4 rings (SSSR count). The summed E-state index contributed by atoms with van der Waals surface area (Å²) in [5.74, 6) is 0.120. The monoisotopic (exact) mass is 464 g/mol. The molecule has 0 spiro atoms. The Balaban J connectivity index is 1.80. The Hall–Kier alpha value is -2.20. The van der Waals surface area contributed by atoms with Gasteiger partial charge >= 0.3 is 0 Å². The van der Waals surface area contributed by atoms with Crippen molar-refractivity contribution in [1.82, 2.24) is 9.88 Å². The van der Waals surface area contributed by atoms with Gasteiger partial charge in [0.25, 0.3) is 5.91 Å². The number of carbonyl (C=O) groups excluding carboxylic acids is 1. The molecule has 0 atom stereocenters. The van der Waals surface area contributed by atoms with E-state index in [-0.39, 0.29) is 11.3 Å². The van der Waals surface area contributed by atoms with Gasteiger partial charge in [0.1, 0.15) is 0 Å². The maximum absolute atomic E-state index is 13.5. The molecule has 0 radical (unpaired) electrons. The van der Waals surface area contributed by atoms with E-state index in [0.717, 1.165) is 58.1 Å². The van der Waals surface area contributed by atoms with E-state index in [4.69, 9.17) is 4.98 Å². The summed E-state index contributed by atoms with van der Waals surface area (Å²) in [6.45, 7) is 8.32. The van der Waals surface area contributed by atoms with Crippen LogP contribution in [0.15, 0.2) is 53.0 Å². The van der Waals surface area contributed by atoms with Crippen molar-refractivity contribution in [3.05, 3.63) is 64.1 Å². The zero-order valence-corrected chi connectivity index (χ0v) is 19.6. The Morgan fingerprint density at radius 1 is 0.933 bits per heavy atom. The highest BCUT2D eigenvalue weighted by atomic mass is 79.9. The summed E-state index contributed by atoms with van der Waals surface area (Å²) in [7, 11) is 0. The highest BCUT2D eigenvalue weighted by Crippen LogP contribution is 2.30. The molecule has 2 heterocycles. The quantitative estimate of drug-likeness (QED) is 0.409. The van der Waals surface area contributed by atoms with E-state index in [1.165, 1.54) is 18.4 Å². The minimum atomic E-state index is 0.107. The molecule has 1 fully saturated rings. The first-order valence-corrected chi connectivity index (χ1v) is 11.6. The van der Waals surface area contributed by atoms with Crippen LogP contribution in [0.4, 0.5) is 0 Å². The van der Waals surface area contributed by atoms with Gasteiger partial charge in [-0.2, -0.15) is 0 Å². The summed E-state index contributed by atoms with van der Waals surface area (Å²) in [6, 6.07) is 16.5. The van der Waals surface area contributed by atoms with Crippen molar-refractivity contribution in [3.8, 4) is 11.3 Å². The van der Waals surface area contributed by atoms with E-state index in [1.54, 1.807) is 0 Å². The average molecular weight is 465 g/mol. The van der Waals surface area contributed by atoms with E-state index in [2.05, 4.69) is 61.0 Å². The van der Waals surface area contributed by atoms with Gasteiger partial charge in [0.2, 0.25) is 0 Å². The lowest BCUT2D eigenvalue weighted by molar-refractivity contribution is 0.0763. The predicted octanol–water partition coefficient (Wildman–Crippen LogP) is 6.98. The molecule has 1 saturated heterocycles. The lowest BCUT2D eigenvalue weighted by Gasteiger charge is -2.22. The summed E-state index contributed by atoms with van der Waals surface area (Å²) in [5, 5.41) is 0.911. The molecule has 3 aromatic rings. The van der Waals surface area contributed by atoms with Gasteiger partial charge in [-0.05, 0) is 48.1 Å². The third kappa shape index (κ3) is 4.44. The third-order valence-corrected chi connectivity index (χ3v) is 6.43. The molecule has 1 aromatic heterocycles. The number of likely N-dealkylation sites (tertiary alicyclic amines) is 1. The van der Waals surface area contributed by atoms with E-state index in [0.29, 0.717) is 0 Å². The van der Waals surface area contributed by atoms with Gasteiger partial charge in [0.15, 0.2) is 0 Å². The van der Waals surface area contributed by atoms with Crippen LogP contribution in [0.5, 0.6) is 0 Å². The highest BCUT2D eigenvalue weighted by molar-refractivity contribution is 9.10. The molecule has 30 heavy (non-hydrogen) atoms. The van der Waals surface area contributed by atoms with Crippen molar-refractivity contribution < 1.29 is 4.79 Å². The van der Waals surface area contributed by atoms with E-state index >= 15 is 0 Å². The van der Waals surface area contributed by atoms with Crippen LogP contribution in [0.25, 0.3) is 22.2 Å². The average Bonchev–Trinajstić information content (AvgIpc) is 3.01. The summed E-state index contributed by atoms with van der Waals surface area (Å²) < 4.78 is 0.962. The number of carbonyl (C=O) groups is 1. The second-order valence-corrected chi connectivity index (χ2v) is 10.2. The first-order valence-electron chi connectivity index (χ1n) is 10.8. The lowest BCUT2D eigenvalue weighted by atomic mass is 9.86. The van der Waals surface area contributed by atoms with Crippen LogP contribution in [0.2, 0.25) is 0 Å². The SMILES string of the molecule is CC(C)(C)c1ccc(-c2cc(C(=O)N3CCCCCC3)c3cc(Br)ccc3n2)cc1. The number of benzene rings is 2. The zero-order valence-electron chi connectivity index (χ0n) is 18.0. The van der Waals surface area contributed by atoms with Gasteiger partial charge in [0.05, 0.1) is 16.8 Å². The molecule has 0 bridgehead atoms. The second kappa shape index (κ2) is 8.50. The fraction of sp³-hybridized carbons (Fsp3) is 0.385. The van der Waals surface area contributed by atoms with Crippen molar-refractivity contribution in [2.24, 2.45) is 0 Å². The number of hydrogen-bond acceptors (Lipinski definition) is 2. The Bertz CT molecular complexity index is 1060. The standard InChI is InChI=1S/C26H29BrN2O/c1-26(2,3)19-10-8-18(9-11-19)24-17-22(21-16-20(27)12-13-23(21)28-24)25(30)29-14-6-4-5-7-15-29/h8-13,16-17H,4-7,14-15H2,1-3H3. The van der Waals surface area contributed by atoms with E-state index in [1.807, 2.05) is 29.2 Å². The largest absolute Gasteiger partial charge is 0.339 e. The Morgan fingerprint density at radius 2 is 1.60 bits per heavy atom. The maximum Gasteiger partial charge on any atom is 0.254 e. The van der Waals surface area contributed by atoms with Crippen LogP contribution in [0.3, 0.4) is 0 Å². The Morgan fingerprint density at radius 3 is 2.23 bits per heavy atom. The third-order valence-electron chi connectivity index (χ3n) is 5.94. The predicted molar refractivity (Wildman–Crippen MR) is 128 cm³/mol. The Labute approximate surface area is 187 Å². The molecule has 0 unspecified atom stereocenters. The van der Waals surface area contributed by atoms with Crippen LogP contribution < -0.4 is 0 Å². The van der Waals surface area contributed by atoms with Gasteiger partial charge in [0, 0.05) is 28.5 Å². The molecule has 1 amide bonds. The maximum atomic E-state index is 13.5. The fourth-order valence-corrected chi connectivity index (χ4v) is 4.47. The number of amides is 1. The van der Waals surface area contributed by atoms with Gasteiger partial charge in [-0.25, -0.2) is 4.98 Å². The first-order chi connectivity index (χ1) is 14.3. The van der Waals surface area contributed by atoms with Crippen LogP contribution in [0.1, 0.15) is 62.4 Å². The molecule has 1 aliphatic heterocycles.